The number of urea groups is 1. The molecule has 12 heteroatoms. The Morgan fingerprint density at radius 3 is 2.59 bits per heavy atom. The van der Waals surface area contributed by atoms with Gasteiger partial charge < -0.3 is 25.0 Å². The minimum absolute atomic E-state index is 0.117. The number of aromatic nitrogens is 2. The lowest BCUT2D eigenvalue weighted by atomic mass is 10.1. The predicted molar refractivity (Wildman–Crippen MR) is 154 cm³/mol. The van der Waals surface area contributed by atoms with Crippen molar-refractivity contribution in [3.8, 4) is 11.5 Å². The Hall–Kier alpha value is -3.25. The van der Waals surface area contributed by atoms with Crippen LogP contribution < -0.4 is 19.9 Å². The highest BCUT2D eigenvalue weighted by atomic mass is 19.1. The number of phenolic OH excluding ortho intramolecular Hbond substituents is 1. The summed E-state index contributed by atoms with van der Waals surface area (Å²) >= 11 is 0. The lowest BCUT2D eigenvalue weighted by Gasteiger charge is -2.39. The monoisotopic (exact) mass is 573 g/mol. The quantitative estimate of drug-likeness (QED) is 0.377. The highest BCUT2D eigenvalue weighted by Gasteiger charge is 2.41. The summed E-state index contributed by atoms with van der Waals surface area (Å²) in [6, 6.07) is 0.169. The number of likely N-dealkylation sites (N-methyl/N-ethyl adjacent to an activating group) is 1. The van der Waals surface area contributed by atoms with Gasteiger partial charge in [-0.2, -0.15) is 4.98 Å². The molecular weight excluding hydrogens is 532 g/mol. The molecule has 2 fully saturated rings. The molecule has 224 valence electrons. The number of unbranched alkanes of at least 4 members (excludes halogenated alkanes) is 2. The second kappa shape index (κ2) is 13.2. The fraction of sp³-hybridized carbons (Fsp3) is 0.621. The summed E-state index contributed by atoms with van der Waals surface area (Å²) in [5, 5.41) is 13.5. The molecule has 0 atom stereocenters. The second-order valence-corrected chi connectivity index (χ2v) is 11.2. The van der Waals surface area contributed by atoms with Gasteiger partial charge in [0.25, 0.3) is 0 Å². The van der Waals surface area contributed by atoms with Crippen LogP contribution in [0.1, 0.15) is 57.4 Å². The zero-order chi connectivity index (χ0) is 28.9. The SMILES string of the molecule is CCOc1cc(O)c(F)c(N2Cc3cnc(NCCCCCN4CCN(C)CC4)nc3N(C3CCCC3)C2=O)c1F. The van der Waals surface area contributed by atoms with Crippen molar-refractivity contribution in [2.75, 3.05) is 68.0 Å². The minimum atomic E-state index is -1.21. The number of anilines is 3. The number of ether oxygens (including phenoxy) is 1. The van der Waals surface area contributed by atoms with E-state index in [9.17, 15) is 9.90 Å². The average Bonchev–Trinajstić information content (AvgIpc) is 3.49. The largest absolute Gasteiger partial charge is 0.505 e. The second-order valence-electron chi connectivity index (χ2n) is 11.2. The summed E-state index contributed by atoms with van der Waals surface area (Å²) < 4.78 is 35.8. The minimum Gasteiger partial charge on any atom is -0.505 e. The molecule has 0 spiro atoms. The van der Waals surface area contributed by atoms with E-state index < -0.39 is 29.1 Å². The van der Waals surface area contributed by atoms with Crippen LogP contribution in [0.3, 0.4) is 0 Å². The van der Waals surface area contributed by atoms with Crippen LogP contribution in [0.15, 0.2) is 12.3 Å². The van der Waals surface area contributed by atoms with Gasteiger partial charge in [0, 0.05) is 56.6 Å². The van der Waals surface area contributed by atoms with Gasteiger partial charge in [-0.25, -0.2) is 18.6 Å². The molecule has 5 rings (SSSR count). The van der Waals surface area contributed by atoms with E-state index in [1.54, 1.807) is 18.0 Å². The molecule has 2 N–H and O–H groups in total. The van der Waals surface area contributed by atoms with Crippen molar-refractivity contribution in [2.45, 2.75) is 64.5 Å². The third-order valence-corrected chi connectivity index (χ3v) is 8.25. The Morgan fingerprint density at radius 2 is 1.85 bits per heavy atom. The van der Waals surface area contributed by atoms with E-state index in [0.29, 0.717) is 23.9 Å². The molecule has 1 aliphatic carbocycles. The first-order valence-corrected chi connectivity index (χ1v) is 14.8. The first-order valence-electron chi connectivity index (χ1n) is 14.8. The Bertz CT molecular complexity index is 1220. The molecule has 2 aromatic rings. The van der Waals surface area contributed by atoms with Crippen LogP contribution in [0.25, 0.3) is 0 Å². The number of phenols is 1. The van der Waals surface area contributed by atoms with Crippen LogP contribution >= 0.6 is 0 Å². The highest BCUT2D eigenvalue weighted by Crippen LogP contribution is 2.42. The standard InChI is InChI=1S/C29H41F2N7O3/c1-3-41-23-17-22(39)24(30)26(25(23)31)37-19-20-18-33-28(34-27(20)38(29(37)40)21-9-5-6-10-21)32-11-7-4-8-12-36-15-13-35(2)14-16-36/h17-18,21,39H,3-16,19H2,1-2H3,(H,32,33,34). The number of aromatic hydroxyl groups is 1. The molecule has 2 amide bonds. The van der Waals surface area contributed by atoms with Crippen LogP contribution in [0.2, 0.25) is 0 Å². The summed E-state index contributed by atoms with van der Waals surface area (Å²) in [4.78, 5) is 30.5. The maximum absolute atomic E-state index is 15.4. The number of carbonyl (C=O) groups is 1. The molecule has 0 radical (unpaired) electrons. The normalized spacial score (nSPS) is 18.7. The molecule has 0 bridgehead atoms. The maximum atomic E-state index is 15.4. The number of halogens is 2. The van der Waals surface area contributed by atoms with E-state index in [1.165, 1.54) is 0 Å². The van der Waals surface area contributed by atoms with Crippen LogP contribution in [0.4, 0.5) is 31.0 Å². The van der Waals surface area contributed by atoms with Gasteiger partial charge in [-0.1, -0.05) is 19.3 Å². The van der Waals surface area contributed by atoms with Gasteiger partial charge in [0.05, 0.1) is 13.2 Å². The van der Waals surface area contributed by atoms with Crippen molar-refractivity contribution < 1.29 is 23.4 Å². The molecule has 2 aliphatic heterocycles. The number of nitrogens with zero attached hydrogens (tertiary/aromatic N) is 6. The number of hydrogen-bond acceptors (Lipinski definition) is 8. The van der Waals surface area contributed by atoms with Gasteiger partial charge in [0.15, 0.2) is 23.1 Å². The number of fused-ring (bicyclic) bond motifs is 1. The molecule has 41 heavy (non-hydrogen) atoms. The molecule has 1 saturated heterocycles. The Kier molecular flexibility index (Phi) is 9.39. The van der Waals surface area contributed by atoms with Crippen LogP contribution in [-0.4, -0.2) is 89.9 Å². The van der Waals surface area contributed by atoms with E-state index in [-0.39, 0.29) is 24.9 Å². The molecule has 3 heterocycles. The first-order chi connectivity index (χ1) is 19.9. The average molecular weight is 574 g/mol. The van der Waals surface area contributed by atoms with Gasteiger partial charge >= 0.3 is 6.03 Å². The van der Waals surface area contributed by atoms with E-state index >= 15 is 8.78 Å². The number of piperazine rings is 1. The van der Waals surface area contributed by atoms with Crippen molar-refractivity contribution in [3.05, 3.63) is 29.5 Å². The maximum Gasteiger partial charge on any atom is 0.330 e. The van der Waals surface area contributed by atoms with Gasteiger partial charge in [0.2, 0.25) is 5.95 Å². The fourth-order valence-electron chi connectivity index (χ4n) is 5.92. The summed E-state index contributed by atoms with van der Waals surface area (Å²) in [5.41, 5.74) is -0.0554. The van der Waals surface area contributed by atoms with Gasteiger partial charge in [-0.3, -0.25) is 9.80 Å². The Balaban J connectivity index is 1.29. The number of amides is 2. The van der Waals surface area contributed by atoms with Crippen molar-refractivity contribution in [3.63, 3.8) is 0 Å². The highest BCUT2D eigenvalue weighted by molar-refractivity contribution is 6.06. The van der Waals surface area contributed by atoms with Crippen LogP contribution in [0, 0.1) is 11.6 Å². The topological polar surface area (TPSA) is 97.3 Å². The Morgan fingerprint density at radius 1 is 1.10 bits per heavy atom. The molecule has 1 aromatic carbocycles. The first kappa shape index (κ1) is 29.2. The summed E-state index contributed by atoms with van der Waals surface area (Å²) in [6.07, 6.45) is 8.28. The lowest BCUT2D eigenvalue weighted by Crippen LogP contribution is -2.52. The molecular formula is C29H41F2N7O3. The van der Waals surface area contributed by atoms with Crippen molar-refractivity contribution in [1.82, 2.24) is 19.8 Å². The van der Waals surface area contributed by atoms with Gasteiger partial charge in [0.1, 0.15) is 11.5 Å². The fourth-order valence-corrected chi connectivity index (χ4v) is 5.92. The number of benzene rings is 1. The lowest BCUT2D eigenvalue weighted by molar-refractivity contribution is 0.152. The van der Waals surface area contributed by atoms with E-state index in [0.717, 1.165) is 88.6 Å². The predicted octanol–water partition coefficient (Wildman–Crippen LogP) is 4.58. The van der Waals surface area contributed by atoms with E-state index in [1.807, 2.05) is 0 Å². The van der Waals surface area contributed by atoms with Crippen LogP contribution in [0.5, 0.6) is 11.5 Å². The molecule has 1 aromatic heterocycles. The van der Waals surface area contributed by atoms with Crippen molar-refractivity contribution in [1.29, 1.82) is 0 Å². The van der Waals surface area contributed by atoms with Crippen LogP contribution in [-0.2, 0) is 6.54 Å². The number of hydrogen-bond donors (Lipinski definition) is 2. The third-order valence-electron chi connectivity index (χ3n) is 8.25. The zero-order valence-corrected chi connectivity index (χ0v) is 24.0. The number of rotatable bonds is 11. The van der Waals surface area contributed by atoms with Crippen molar-refractivity contribution in [2.24, 2.45) is 0 Å². The molecule has 1 saturated carbocycles. The molecule has 3 aliphatic rings. The summed E-state index contributed by atoms with van der Waals surface area (Å²) in [5.74, 6) is -2.43. The molecule has 0 unspecified atom stereocenters. The van der Waals surface area contributed by atoms with E-state index in [4.69, 9.17) is 9.72 Å². The third kappa shape index (κ3) is 6.48. The van der Waals surface area contributed by atoms with Gasteiger partial charge in [-0.15, -0.1) is 0 Å². The van der Waals surface area contributed by atoms with Gasteiger partial charge in [-0.05, 0) is 46.2 Å². The van der Waals surface area contributed by atoms with Crippen molar-refractivity contribution >= 4 is 23.5 Å². The Labute approximate surface area is 240 Å². The molecule has 10 nitrogen and oxygen atoms in total. The summed E-state index contributed by atoms with van der Waals surface area (Å²) in [6.45, 7) is 7.98. The number of carbonyl (C=O) groups excluding carboxylic acids is 1. The number of nitrogens with one attached hydrogen (secondary N) is 1. The zero-order valence-electron chi connectivity index (χ0n) is 24.0. The smallest absolute Gasteiger partial charge is 0.330 e. The summed E-state index contributed by atoms with van der Waals surface area (Å²) in [7, 11) is 2.16. The van der Waals surface area contributed by atoms with E-state index in [2.05, 4.69) is 27.1 Å².